The van der Waals surface area contributed by atoms with Gasteiger partial charge < -0.3 is 105 Å². The molecule has 2 heterocycles. The number of hydrogen-bond acceptors (Lipinski definition) is 27. The molecule has 0 saturated carbocycles. The minimum absolute atomic E-state index is 0.0408. The van der Waals surface area contributed by atoms with Crippen molar-refractivity contribution < 1.29 is 101 Å². The van der Waals surface area contributed by atoms with E-state index in [0.717, 1.165) is 16.8 Å². The zero-order valence-corrected chi connectivity index (χ0v) is 57.0. The number of aliphatic carboxylic acids is 2. The van der Waals surface area contributed by atoms with Gasteiger partial charge in [-0.2, -0.15) is 15.2 Å². The number of nitrogen functional groups attached to an aromatic ring is 1. The predicted octanol–water partition coefficient (Wildman–Crippen LogP) is 3.85. The van der Waals surface area contributed by atoms with Crippen LogP contribution in [-0.4, -0.2) is 242 Å². The standard InChI is InChI=1S/C67H97N13O21/c68-59(66(87)88)46-53(65(85)86)2-1-3-63(83)73-54-8-12-56(13-9-54)76-77-57-14-10-55(11-15-57)74-64(84)48-72-62(82)19-22-89-24-26-91-28-30-93-32-34-95-36-38-97-40-42-99-44-45-100-43-41-98-39-37-96-35-33-94-31-29-92-27-25-90-23-21-80-49-58(78-79-80)16-17-61(81)71-47-51-4-6-52(7-5-51)50-101-67-70-20-18-60(69)75-67/h4-15,18,20,49,53,59H,1-3,16-17,19,21-48,50,68H2,(H,71,81)(H,72,82)(H,73,83)(H,74,84)(H,85,86)(H,87,88)(H2,69,70,75)/t53-,59-/m0/s1. The van der Waals surface area contributed by atoms with E-state index >= 15 is 0 Å². The summed E-state index contributed by atoms with van der Waals surface area (Å²) in [5.74, 6) is -4.24. The van der Waals surface area contributed by atoms with Crippen LogP contribution in [0.3, 0.4) is 0 Å². The molecule has 0 radical (unpaired) electrons. The van der Waals surface area contributed by atoms with Crippen molar-refractivity contribution in [1.82, 2.24) is 35.6 Å². The molecule has 556 valence electrons. The Hall–Kier alpha value is -8.62. The number of carboxylic acids is 2. The lowest BCUT2D eigenvalue weighted by atomic mass is 9.94. The minimum Gasteiger partial charge on any atom is -0.481 e. The summed E-state index contributed by atoms with van der Waals surface area (Å²) in [6, 6.07) is 21.4. The molecule has 3 aromatic carbocycles. The van der Waals surface area contributed by atoms with Crippen LogP contribution in [0, 0.1) is 5.92 Å². The smallest absolute Gasteiger partial charge is 0.320 e. The number of azo groups is 1. The van der Waals surface area contributed by atoms with Crippen LogP contribution in [-0.2, 0) is 112 Å². The van der Waals surface area contributed by atoms with Gasteiger partial charge in [-0.25, -0.2) is 9.67 Å². The Balaban J connectivity index is 0.676. The van der Waals surface area contributed by atoms with E-state index in [1.54, 1.807) is 59.3 Å². The van der Waals surface area contributed by atoms with Gasteiger partial charge >= 0.3 is 17.9 Å². The molecule has 0 spiro atoms. The van der Waals surface area contributed by atoms with E-state index in [4.69, 9.17) is 78.2 Å². The number of nitrogens with zero attached hydrogens (tertiary/aromatic N) is 7. The van der Waals surface area contributed by atoms with Crippen LogP contribution in [0.5, 0.6) is 6.01 Å². The number of carbonyl (C=O) groups is 6. The first-order valence-electron chi connectivity index (χ1n) is 33.3. The minimum atomic E-state index is -1.29. The van der Waals surface area contributed by atoms with Crippen molar-refractivity contribution in [3.63, 3.8) is 0 Å². The fraction of sp³-hybridized carbons (Fsp3) is 0.552. The number of aromatic nitrogens is 5. The predicted molar refractivity (Wildman–Crippen MR) is 364 cm³/mol. The number of hydrogen-bond donors (Lipinski definition) is 8. The largest absolute Gasteiger partial charge is 0.481 e. The lowest BCUT2D eigenvalue weighted by Gasteiger charge is -2.14. The van der Waals surface area contributed by atoms with Crippen LogP contribution in [0.1, 0.15) is 55.3 Å². The van der Waals surface area contributed by atoms with Crippen molar-refractivity contribution in [1.29, 1.82) is 0 Å². The number of carbonyl (C=O) groups excluding carboxylic acids is 4. The van der Waals surface area contributed by atoms with E-state index in [9.17, 15) is 33.9 Å². The summed E-state index contributed by atoms with van der Waals surface area (Å²) in [4.78, 5) is 79.9. The van der Waals surface area contributed by atoms with Crippen molar-refractivity contribution in [3.05, 3.63) is 108 Å². The normalized spacial score (nSPS) is 11.9. The molecule has 34 nitrogen and oxygen atoms in total. The highest BCUT2D eigenvalue weighted by molar-refractivity contribution is 5.94. The Bertz CT molecular complexity index is 3120. The number of ether oxygens (including phenoxy) is 13. The van der Waals surface area contributed by atoms with Crippen LogP contribution < -0.4 is 37.5 Å². The molecular formula is C67H97N13O21. The van der Waals surface area contributed by atoms with Crippen LogP contribution in [0.4, 0.5) is 28.6 Å². The molecule has 0 bridgehead atoms. The average molecular weight is 1420 g/mol. The molecule has 0 aliphatic carbocycles. The summed E-state index contributed by atoms with van der Waals surface area (Å²) in [5, 5.41) is 45.9. The molecule has 0 saturated heterocycles. The Labute approximate surface area is 586 Å². The summed E-state index contributed by atoms with van der Waals surface area (Å²) in [7, 11) is 0. The van der Waals surface area contributed by atoms with Gasteiger partial charge in [-0.05, 0) is 85.0 Å². The number of anilines is 3. The lowest BCUT2D eigenvalue weighted by Crippen LogP contribution is -2.34. The first kappa shape index (κ1) is 83.0. The van der Waals surface area contributed by atoms with Gasteiger partial charge in [0.1, 0.15) is 18.5 Å². The summed E-state index contributed by atoms with van der Waals surface area (Å²) < 4.78 is 73.7. The number of benzene rings is 3. The molecule has 2 atom stereocenters. The monoisotopic (exact) mass is 1420 g/mol. The van der Waals surface area contributed by atoms with E-state index < -0.39 is 29.8 Å². The van der Waals surface area contributed by atoms with Gasteiger partial charge in [-0.3, -0.25) is 28.8 Å². The fourth-order valence-corrected chi connectivity index (χ4v) is 8.55. The van der Waals surface area contributed by atoms with Gasteiger partial charge in [-0.1, -0.05) is 29.5 Å². The van der Waals surface area contributed by atoms with Crippen molar-refractivity contribution in [3.8, 4) is 6.01 Å². The lowest BCUT2D eigenvalue weighted by molar-refractivity contribution is -0.144. The Morgan fingerprint density at radius 2 is 0.941 bits per heavy atom. The zero-order valence-electron chi connectivity index (χ0n) is 57.0. The van der Waals surface area contributed by atoms with Gasteiger partial charge in [0.25, 0.3) is 0 Å². The average Bonchev–Trinajstić information content (AvgIpc) is 1.86. The van der Waals surface area contributed by atoms with Crippen molar-refractivity contribution in [2.45, 2.75) is 70.7 Å². The quantitative estimate of drug-likeness (QED) is 0.0202. The number of nitrogens with two attached hydrogens (primary N) is 2. The topological polar surface area (TPSA) is 444 Å². The number of carboxylic acid groups (broad SMARTS) is 2. The zero-order chi connectivity index (χ0) is 72.0. The number of rotatable bonds is 61. The van der Waals surface area contributed by atoms with Gasteiger partial charge in [0.05, 0.1) is 195 Å². The Kier molecular flexibility index (Phi) is 43.8. The van der Waals surface area contributed by atoms with Gasteiger partial charge in [0, 0.05) is 56.0 Å². The third-order valence-corrected chi connectivity index (χ3v) is 14.0. The second kappa shape index (κ2) is 53.3. The number of nitrogens with one attached hydrogen (secondary N) is 4. The SMILES string of the molecule is Nc1ccnc(OCc2ccc(CNC(=O)CCc3cn(CCOCCOCCOCCOCCOCCOCCOCCOCCOCCOCCOCCOCCC(=O)NCC(=O)Nc4ccc(N=Nc5ccc(NC(=O)CCC[C@@H](C[C@H](N)C(=O)O)C(=O)O)cc5)cc4)nn3)cc2)n1. The van der Waals surface area contributed by atoms with E-state index in [2.05, 4.69) is 51.8 Å². The second-order valence-corrected chi connectivity index (χ2v) is 22.0. The molecular weight excluding hydrogens is 1320 g/mol. The van der Waals surface area contributed by atoms with Crippen LogP contribution >= 0.6 is 0 Å². The van der Waals surface area contributed by atoms with Gasteiger partial charge in [0.2, 0.25) is 23.6 Å². The van der Waals surface area contributed by atoms with Crippen molar-refractivity contribution >= 4 is 64.1 Å². The van der Waals surface area contributed by atoms with Crippen LogP contribution in [0.25, 0.3) is 0 Å². The summed E-state index contributed by atoms with van der Waals surface area (Å²) >= 11 is 0. The molecule has 34 heteroatoms. The Morgan fingerprint density at radius 1 is 0.495 bits per heavy atom. The third kappa shape index (κ3) is 41.7. The maximum absolute atomic E-state index is 12.5. The first-order chi connectivity index (χ1) is 49.3. The third-order valence-electron chi connectivity index (χ3n) is 14.0. The molecule has 10 N–H and O–H groups in total. The highest BCUT2D eigenvalue weighted by Gasteiger charge is 2.24. The number of aryl methyl sites for hydroxylation is 1. The molecule has 4 amide bonds. The summed E-state index contributed by atoms with van der Waals surface area (Å²) in [6.07, 6.45) is 4.35. The van der Waals surface area contributed by atoms with E-state index in [1.165, 1.54) is 6.20 Å². The molecule has 5 aromatic rings. The molecule has 0 aliphatic heterocycles. The molecule has 0 aliphatic rings. The molecule has 0 fully saturated rings. The van der Waals surface area contributed by atoms with Crippen molar-refractivity contribution in [2.75, 3.05) is 181 Å². The molecule has 0 unspecified atom stereocenters. The molecule has 2 aromatic heterocycles. The van der Waals surface area contributed by atoms with Gasteiger partial charge in [-0.15, -0.1) is 5.10 Å². The summed E-state index contributed by atoms with van der Waals surface area (Å²) in [6.45, 7) is 10.9. The molecule has 101 heavy (non-hydrogen) atoms. The number of amides is 4. The highest BCUT2D eigenvalue weighted by atomic mass is 16.6. The second-order valence-electron chi connectivity index (χ2n) is 22.0. The fourth-order valence-electron chi connectivity index (χ4n) is 8.55. The highest BCUT2D eigenvalue weighted by Crippen LogP contribution is 2.23. The van der Waals surface area contributed by atoms with E-state index in [-0.39, 0.29) is 75.6 Å². The first-order valence-corrected chi connectivity index (χ1v) is 33.3. The summed E-state index contributed by atoms with van der Waals surface area (Å²) in [5.41, 5.74) is 15.8. The van der Waals surface area contributed by atoms with Crippen LogP contribution in [0.2, 0.25) is 0 Å². The Morgan fingerprint density at radius 3 is 1.41 bits per heavy atom. The molecule has 5 rings (SSSR count). The van der Waals surface area contributed by atoms with E-state index in [1.807, 2.05) is 30.5 Å². The van der Waals surface area contributed by atoms with Gasteiger partial charge in [0.15, 0.2) is 0 Å². The van der Waals surface area contributed by atoms with Crippen LogP contribution in [0.15, 0.2) is 101 Å². The maximum atomic E-state index is 12.5. The van der Waals surface area contributed by atoms with E-state index in [0.29, 0.717) is 206 Å². The maximum Gasteiger partial charge on any atom is 0.320 e. The van der Waals surface area contributed by atoms with Crippen molar-refractivity contribution in [2.24, 2.45) is 21.9 Å².